The number of thioether (sulfide) groups is 1. The Bertz CT molecular complexity index is 246. The van der Waals surface area contributed by atoms with Crippen LogP contribution in [0.2, 0.25) is 0 Å². The lowest BCUT2D eigenvalue weighted by atomic mass is 9.84. The molecule has 0 saturated heterocycles. The van der Waals surface area contributed by atoms with Crippen LogP contribution in [0.5, 0.6) is 0 Å². The van der Waals surface area contributed by atoms with Crippen molar-refractivity contribution < 1.29 is 0 Å². The fraction of sp³-hybridized carbons (Fsp3) is 0.692. The first-order valence-electron chi connectivity index (χ1n) is 5.52. The molecule has 0 aliphatic heterocycles. The highest BCUT2D eigenvalue weighted by atomic mass is 32.2. The highest BCUT2D eigenvalue weighted by molar-refractivity contribution is 8.02. The monoisotopic (exact) mass is 210 g/mol. The summed E-state index contributed by atoms with van der Waals surface area (Å²) in [6.45, 7) is 9.21. The summed E-state index contributed by atoms with van der Waals surface area (Å²) in [4.78, 5) is 1.50. The molecular weight excluding hydrogens is 188 g/mol. The summed E-state index contributed by atoms with van der Waals surface area (Å²) < 4.78 is 0. The summed E-state index contributed by atoms with van der Waals surface area (Å²) in [6, 6.07) is 0. The van der Waals surface area contributed by atoms with Crippen molar-refractivity contribution in [1.29, 1.82) is 0 Å². The minimum Gasteiger partial charge on any atom is -0.130 e. The second-order valence-corrected chi connectivity index (χ2v) is 5.54. The van der Waals surface area contributed by atoms with E-state index in [4.69, 9.17) is 0 Å². The van der Waals surface area contributed by atoms with Gasteiger partial charge in [-0.2, -0.15) is 0 Å². The van der Waals surface area contributed by atoms with Crippen LogP contribution < -0.4 is 0 Å². The first-order chi connectivity index (χ1) is 6.56. The Morgan fingerprint density at radius 3 is 2.36 bits per heavy atom. The van der Waals surface area contributed by atoms with Gasteiger partial charge in [-0.3, -0.25) is 0 Å². The second kappa shape index (κ2) is 5.06. The molecule has 0 nitrogen and oxygen atoms in total. The first kappa shape index (κ1) is 11.9. The quantitative estimate of drug-likeness (QED) is 0.661. The van der Waals surface area contributed by atoms with E-state index in [1.165, 1.54) is 11.3 Å². The Balaban J connectivity index is 2.85. The molecule has 0 N–H and O–H groups in total. The van der Waals surface area contributed by atoms with E-state index in [9.17, 15) is 0 Å². The minimum atomic E-state index is 0.662. The molecule has 0 amide bonds. The second-order valence-electron chi connectivity index (χ2n) is 4.69. The molecule has 0 spiro atoms. The lowest BCUT2D eigenvalue weighted by Crippen LogP contribution is -2.12. The van der Waals surface area contributed by atoms with Gasteiger partial charge < -0.3 is 0 Å². The van der Waals surface area contributed by atoms with Crippen molar-refractivity contribution >= 4 is 11.8 Å². The lowest BCUT2D eigenvalue weighted by Gasteiger charge is -2.25. The summed E-state index contributed by atoms with van der Waals surface area (Å²) in [7, 11) is 0. The number of hydrogen-bond donors (Lipinski definition) is 0. The third kappa shape index (κ3) is 2.66. The van der Waals surface area contributed by atoms with Crippen molar-refractivity contribution in [1.82, 2.24) is 0 Å². The number of hydrogen-bond acceptors (Lipinski definition) is 1. The maximum Gasteiger partial charge on any atom is 0.00610 e. The van der Waals surface area contributed by atoms with Gasteiger partial charge in [0.25, 0.3) is 0 Å². The highest BCUT2D eigenvalue weighted by Gasteiger charge is 2.19. The summed E-state index contributed by atoms with van der Waals surface area (Å²) >= 11 is 1.89. The van der Waals surface area contributed by atoms with Crippen molar-refractivity contribution in [2.75, 3.05) is 6.26 Å². The fourth-order valence-electron chi connectivity index (χ4n) is 1.88. The molecule has 1 aliphatic carbocycles. The van der Waals surface area contributed by atoms with E-state index in [0.29, 0.717) is 5.92 Å². The van der Waals surface area contributed by atoms with Crippen LogP contribution in [0.15, 0.2) is 22.6 Å². The topological polar surface area (TPSA) is 0 Å². The average molecular weight is 210 g/mol. The molecule has 0 aromatic carbocycles. The SMILES string of the molecule is CSC1=CCC(C(C)C)C=C1C(C)C. The van der Waals surface area contributed by atoms with Crippen LogP contribution >= 0.6 is 11.8 Å². The zero-order valence-electron chi connectivity index (χ0n) is 10.0. The van der Waals surface area contributed by atoms with Crippen molar-refractivity contribution in [3.8, 4) is 0 Å². The van der Waals surface area contributed by atoms with Crippen LogP contribution in [0.25, 0.3) is 0 Å². The molecule has 0 radical (unpaired) electrons. The van der Waals surface area contributed by atoms with Gasteiger partial charge >= 0.3 is 0 Å². The maximum absolute atomic E-state index is 2.50. The van der Waals surface area contributed by atoms with E-state index in [1.807, 2.05) is 11.8 Å². The molecule has 0 aromatic heterocycles. The third-order valence-electron chi connectivity index (χ3n) is 2.95. The Morgan fingerprint density at radius 2 is 1.93 bits per heavy atom. The molecule has 0 bridgehead atoms. The summed E-state index contributed by atoms with van der Waals surface area (Å²) in [5.74, 6) is 2.18. The molecule has 1 unspecified atom stereocenters. The Kier molecular flexibility index (Phi) is 4.31. The number of allylic oxidation sites excluding steroid dienone is 3. The normalized spacial score (nSPS) is 22.6. The molecule has 14 heavy (non-hydrogen) atoms. The predicted octanol–water partition coefficient (Wildman–Crippen LogP) is 4.49. The molecule has 1 rings (SSSR count). The van der Waals surface area contributed by atoms with Crippen molar-refractivity contribution in [2.24, 2.45) is 17.8 Å². The van der Waals surface area contributed by atoms with E-state index in [1.54, 1.807) is 5.57 Å². The van der Waals surface area contributed by atoms with Crippen LogP contribution in [-0.2, 0) is 0 Å². The zero-order chi connectivity index (χ0) is 10.7. The Hall–Kier alpha value is -0.170. The van der Waals surface area contributed by atoms with E-state index < -0.39 is 0 Å². The summed E-state index contributed by atoms with van der Waals surface area (Å²) in [5.41, 5.74) is 1.56. The van der Waals surface area contributed by atoms with Gasteiger partial charge in [0.2, 0.25) is 0 Å². The predicted molar refractivity (Wildman–Crippen MR) is 67.5 cm³/mol. The van der Waals surface area contributed by atoms with E-state index >= 15 is 0 Å². The average Bonchev–Trinajstić information content (AvgIpc) is 2.16. The molecule has 1 aliphatic rings. The standard InChI is InChI=1S/C13H22S/c1-9(2)11-6-7-13(14-5)12(8-11)10(3)4/h7-11H,6H2,1-5H3. The van der Waals surface area contributed by atoms with Gasteiger partial charge in [0, 0.05) is 4.91 Å². The molecule has 1 heteroatoms. The molecule has 80 valence electrons. The van der Waals surface area contributed by atoms with Crippen LogP contribution in [0.1, 0.15) is 34.1 Å². The summed E-state index contributed by atoms with van der Waals surface area (Å²) in [6.07, 6.45) is 8.33. The Labute approximate surface area is 92.9 Å². The van der Waals surface area contributed by atoms with Gasteiger partial charge in [-0.05, 0) is 36.0 Å². The van der Waals surface area contributed by atoms with E-state index in [-0.39, 0.29) is 0 Å². The molecule has 0 aromatic rings. The smallest absolute Gasteiger partial charge is 0.00610 e. The molecule has 1 atom stereocenters. The van der Waals surface area contributed by atoms with Gasteiger partial charge in [-0.25, -0.2) is 0 Å². The summed E-state index contributed by atoms with van der Waals surface area (Å²) in [5, 5.41) is 0. The van der Waals surface area contributed by atoms with Crippen molar-refractivity contribution in [2.45, 2.75) is 34.1 Å². The maximum atomic E-state index is 2.50. The van der Waals surface area contributed by atoms with Gasteiger partial charge in [-0.15, -0.1) is 11.8 Å². The van der Waals surface area contributed by atoms with Gasteiger partial charge in [-0.1, -0.05) is 39.8 Å². The lowest BCUT2D eigenvalue weighted by molar-refractivity contribution is 0.460. The van der Waals surface area contributed by atoms with Gasteiger partial charge in [0.05, 0.1) is 0 Å². The molecular formula is C13H22S. The molecule has 0 heterocycles. The first-order valence-corrected chi connectivity index (χ1v) is 6.75. The Morgan fingerprint density at radius 1 is 1.29 bits per heavy atom. The zero-order valence-corrected chi connectivity index (χ0v) is 10.8. The molecule has 0 saturated carbocycles. The largest absolute Gasteiger partial charge is 0.130 e. The molecule has 0 fully saturated rings. The minimum absolute atomic E-state index is 0.662. The third-order valence-corrected chi connectivity index (χ3v) is 3.79. The van der Waals surface area contributed by atoms with Crippen LogP contribution in [0.4, 0.5) is 0 Å². The van der Waals surface area contributed by atoms with Crippen LogP contribution in [0.3, 0.4) is 0 Å². The van der Waals surface area contributed by atoms with Crippen LogP contribution in [-0.4, -0.2) is 6.26 Å². The van der Waals surface area contributed by atoms with Crippen molar-refractivity contribution in [3.05, 3.63) is 22.6 Å². The van der Waals surface area contributed by atoms with Crippen molar-refractivity contribution in [3.63, 3.8) is 0 Å². The fourth-order valence-corrected chi connectivity index (χ4v) is 2.69. The van der Waals surface area contributed by atoms with E-state index in [0.717, 1.165) is 11.8 Å². The van der Waals surface area contributed by atoms with Crippen LogP contribution in [0, 0.1) is 17.8 Å². The number of rotatable bonds is 3. The van der Waals surface area contributed by atoms with E-state index in [2.05, 4.69) is 46.1 Å². The van der Waals surface area contributed by atoms with Gasteiger partial charge in [0.1, 0.15) is 0 Å². The highest BCUT2D eigenvalue weighted by Crippen LogP contribution is 2.36. The van der Waals surface area contributed by atoms with Gasteiger partial charge in [0.15, 0.2) is 0 Å².